The van der Waals surface area contributed by atoms with E-state index in [1.54, 1.807) is 6.08 Å². The van der Waals surface area contributed by atoms with Crippen LogP contribution in [0.1, 0.15) is 71.5 Å². The van der Waals surface area contributed by atoms with Crippen LogP contribution in [-0.2, 0) is 17.6 Å². The number of hydrogen-bond acceptors (Lipinski definition) is 3. The molecule has 3 rings (SSSR count). The van der Waals surface area contributed by atoms with Crippen molar-refractivity contribution in [3.63, 3.8) is 0 Å². The van der Waals surface area contributed by atoms with Crippen molar-refractivity contribution in [1.82, 2.24) is 0 Å². The zero-order chi connectivity index (χ0) is 20.3. The van der Waals surface area contributed by atoms with E-state index in [1.165, 1.54) is 27.9 Å². The number of nitrogens with two attached hydrogens (primary N) is 1. The summed E-state index contributed by atoms with van der Waals surface area (Å²) >= 11 is 1.50. The van der Waals surface area contributed by atoms with Crippen LogP contribution in [0.5, 0.6) is 0 Å². The average Bonchev–Trinajstić information content (AvgIpc) is 3.03. The van der Waals surface area contributed by atoms with E-state index in [0.717, 1.165) is 36.8 Å². The summed E-state index contributed by atoms with van der Waals surface area (Å²) in [5.74, 6) is 0.409. The van der Waals surface area contributed by atoms with Gasteiger partial charge in [0.25, 0.3) is 5.91 Å². The summed E-state index contributed by atoms with van der Waals surface area (Å²) < 4.78 is 0. The predicted octanol–water partition coefficient (Wildman–Crippen LogP) is 5.14. The van der Waals surface area contributed by atoms with Gasteiger partial charge in [0.05, 0.1) is 5.56 Å². The fourth-order valence-electron chi connectivity index (χ4n) is 3.67. The maximum atomic E-state index is 12.4. The van der Waals surface area contributed by atoms with Gasteiger partial charge in [0, 0.05) is 11.0 Å². The van der Waals surface area contributed by atoms with Crippen molar-refractivity contribution >= 4 is 34.2 Å². The Kier molecular flexibility index (Phi) is 6.35. The molecule has 0 saturated carbocycles. The van der Waals surface area contributed by atoms with E-state index in [-0.39, 0.29) is 5.91 Å². The summed E-state index contributed by atoms with van der Waals surface area (Å²) in [5.41, 5.74) is 9.39. The first kappa shape index (κ1) is 20.3. The molecular formula is C23H28N2O2S. The number of carbonyl (C=O) groups excluding carboxylic acids is 2. The Hall–Kier alpha value is -2.40. The van der Waals surface area contributed by atoms with Crippen LogP contribution in [0.2, 0.25) is 0 Å². The number of amides is 2. The first-order valence-corrected chi connectivity index (χ1v) is 10.7. The van der Waals surface area contributed by atoms with E-state index in [4.69, 9.17) is 5.73 Å². The van der Waals surface area contributed by atoms with Gasteiger partial charge in [0.2, 0.25) is 5.91 Å². The Balaban J connectivity index is 1.75. The van der Waals surface area contributed by atoms with E-state index in [2.05, 4.69) is 38.2 Å². The molecule has 3 N–H and O–H groups in total. The molecule has 0 radical (unpaired) electrons. The largest absolute Gasteiger partial charge is 0.365 e. The van der Waals surface area contributed by atoms with Crippen LogP contribution in [0.4, 0.5) is 5.00 Å². The molecule has 0 bridgehead atoms. The van der Waals surface area contributed by atoms with Crippen molar-refractivity contribution in [3.8, 4) is 0 Å². The number of benzene rings is 1. The van der Waals surface area contributed by atoms with E-state index >= 15 is 0 Å². The van der Waals surface area contributed by atoms with Gasteiger partial charge >= 0.3 is 0 Å². The van der Waals surface area contributed by atoms with Gasteiger partial charge in [-0.1, -0.05) is 51.5 Å². The van der Waals surface area contributed by atoms with Gasteiger partial charge in [-0.2, -0.15) is 0 Å². The normalized spacial score (nSPS) is 16.4. The van der Waals surface area contributed by atoms with E-state index in [1.807, 2.05) is 12.1 Å². The smallest absolute Gasteiger partial charge is 0.251 e. The number of carbonyl (C=O) groups is 2. The number of rotatable bonds is 6. The highest BCUT2D eigenvalue weighted by Crippen LogP contribution is 2.40. The summed E-state index contributed by atoms with van der Waals surface area (Å²) in [4.78, 5) is 25.6. The fraction of sp³-hybridized carbons (Fsp3) is 0.391. The monoisotopic (exact) mass is 396 g/mol. The van der Waals surface area contributed by atoms with Crippen LogP contribution in [0, 0.1) is 5.92 Å². The minimum Gasteiger partial charge on any atom is -0.365 e. The molecule has 4 nitrogen and oxygen atoms in total. The molecule has 1 aliphatic carbocycles. The molecule has 1 atom stereocenters. The maximum absolute atomic E-state index is 12.4. The summed E-state index contributed by atoms with van der Waals surface area (Å²) in [7, 11) is 0. The summed E-state index contributed by atoms with van der Waals surface area (Å²) in [6, 6.07) is 8.15. The van der Waals surface area contributed by atoms with E-state index in [0.29, 0.717) is 22.4 Å². The van der Waals surface area contributed by atoms with Gasteiger partial charge in [-0.25, -0.2) is 0 Å². The molecule has 2 amide bonds. The number of hydrogen-bond donors (Lipinski definition) is 2. The van der Waals surface area contributed by atoms with Crippen LogP contribution < -0.4 is 11.1 Å². The molecule has 28 heavy (non-hydrogen) atoms. The third-order valence-corrected chi connectivity index (χ3v) is 6.63. The van der Waals surface area contributed by atoms with Crippen molar-refractivity contribution in [1.29, 1.82) is 0 Å². The summed E-state index contributed by atoms with van der Waals surface area (Å²) in [6.45, 7) is 6.50. The molecule has 0 saturated heterocycles. The van der Waals surface area contributed by atoms with E-state index in [9.17, 15) is 9.59 Å². The van der Waals surface area contributed by atoms with Crippen molar-refractivity contribution < 1.29 is 9.59 Å². The lowest BCUT2D eigenvalue weighted by Gasteiger charge is -2.20. The highest BCUT2D eigenvalue weighted by atomic mass is 32.1. The number of fused-ring (bicyclic) bond motifs is 1. The van der Waals surface area contributed by atoms with Crippen molar-refractivity contribution in [3.05, 3.63) is 57.5 Å². The predicted molar refractivity (Wildman–Crippen MR) is 117 cm³/mol. The Morgan fingerprint density at radius 1 is 1.29 bits per heavy atom. The zero-order valence-electron chi connectivity index (χ0n) is 16.7. The van der Waals surface area contributed by atoms with Gasteiger partial charge < -0.3 is 11.1 Å². The van der Waals surface area contributed by atoms with Gasteiger partial charge in [0.15, 0.2) is 0 Å². The van der Waals surface area contributed by atoms with Gasteiger partial charge in [-0.05, 0) is 53.9 Å². The number of nitrogens with one attached hydrogen (secondary N) is 1. The van der Waals surface area contributed by atoms with Crippen LogP contribution >= 0.6 is 11.3 Å². The highest BCUT2D eigenvalue weighted by molar-refractivity contribution is 7.17. The van der Waals surface area contributed by atoms with Gasteiger partial charge in [0.1, 0.15) is 5.00 Å². The molecule has 0 fully saturated rings. The zero-order valence-corrected chi connectivity index (χ0v) is 17.6. The average molecular weight is 397 g/mol. The second kappa shape index (κ2) is 8.74. The van der Waals surface area contributed by atoms with Crippen molar-refractivity contribution in [2.24, 2.45) is 11.7 Å². The summed E-state index contributed by atoms with van der Waals surface area (Å²) in [6.07, 6.45) is 7.30. The highest BCUT2D eigenvalue weighted by Gasteiger charge is 2.27. The molecule has 1 unspecified atom stereocenters. The molecule has 2 aromatic rings. The molecular weight excluding hydrogens is 368 g/mol. The molecule has 1 aliphatic rings. The third-order valence-electron chi connectivity index (χ3n) is 5.46. The second-order valence-corrected chi connectivity index (χ2v) is 8.84. The van der Waals surface area contributed by atoms with Gasteiger partial charge in [-0.3, -0.25) is 9.59 Å². The first-order valence-electron chi connectivity index (χ1n) is 9.92. The Morgan fingerprint density at radius 3 is 2.61 bits per heavy atom. The van der Waals surface area contributed by atoms with Crippen LogP contribution in [0.15, 0.2) is 30.3 Å². The maximum Gasteiger partial charge on any atom is 0.251 e. The number of primary amides is 1. The Morgan fingerprint density at radius 2 is 2.00 bits per heavy atom. The molecule has 148 valence electrons. The van der Waals surface area contributed by atoms with Gasteiger partial charge in [-0.15, -0.1) is 11.3 Å². The quantitative estimate of drug-likeness (QED) is 0.664. The molecule has 0 spiro atoms. The summed E-state index contributed by atoms with van der Waals surface area (Å²) in [5, 5.41) is 3.46. The SMILES string of the molecule is CCC1CCc2c(sc(NC(=O)/C=C/c3ccc(C(C)C)cc3)c2C(N)=O)C1. The number of anilines is 1. The molecule has 0 aliphatic heterocycles. The van der Waals surface area contributed by atoms with Crippen LogP contribution in [0.3, 0.4) is 0 Å². The van der Waals surface area contributed by atoms with E-state index < -0.39 is 5.91 Å². The Bertz CT molecular complexity index is 894. The standard InChI is InChI=1S/C23H28N2O2S/c1-4-15-7-11-18-19(13-15)28-23(21(18)22(24)27)25-20(26)12-8-16-5-9-17(10-6-16)14(2)3/h5-6,8-10,12,14-15H,4,7,11,13H2,1-3H3,(H2,24,27)(H,25,26)/b12-8+. The topological polar surface area (TPSA) is 72.2 Å². The molecule has 1 aromatic heterocycles. The lowest BCUT2D eigenvalue weighted by molar-refractivity contribution is -0.111. The lowest BCUT2D eigenvalue weighted by Crippen LogP contribution is -2.19. The van der Waals surface area contributed by atoms with Crippen LogP contribution in [0.25, 0.3) is 6.08 Å². The molecule has 5 heteroatoms. The molecule has 1 aromatic carbocycles. The van der Waals surface area contributed by atoms with Crippen molar-refractivity contribution in [2.45, 2.75) is 52.4 Å². The number of thiophene rings is 1. The minimum absolute atomic E-state index is 0.249. The van der Waals surface area contributed by atoms with Crippen molar-refractivity contribution in [2.75, 3.05) is 5.32 Å². The molecule has 1 heterocycles. The fourth-order valence-corrected chi connectivity index (χ4v) is 5.04. The third kappa shape index (κ3) is 4.53. The lowest BCUT2D eigenvalue weighted by atomic mass is 9.85. The van der Waals surface area contributed by atoms with Crippen LogP contribution in [-0.4, -0.2) is 11.8 Å². The second-order valence-electron chi connectivity index (χ2n) is 7.73. The first-order chi connectivity index (χ1) is 13.4. The minimum atomic E-state index is -0.462. The Labute approximate surface area is 170 Å².